The predicted molar refractivity (Wildman–Crippen MR) is 153 cm³/mol. The molecule has 0 spiro atoms. The van der Waals surface area contributed by atoms with Gasteiger partial charge < -0.3 is 15.1 Å². The molecule has 0 saturated carbocycles. The van der Waals surface area contributed by atoms with Gasteiger partial charge in [-0.25, -0.2) is 4.39 Å². The number of hydrogen-bond acceptors (Lipinski definition) is 8. The van der Waals surface area contributed by atoms with E-state index in [2.05, 4.69) is 20.0 Å². The number of carboxylic acid groups (broad SMARTS) is 1. The Kier molecular flexibility index (Phi) is 9.48. The standard InChI is InChI=1S/C28H32ClFN6O3S/c29-19-6-8-24-21(18-19)26(20-4-1-2-5-22(20)30)31-23(7-9-25(38)39)27-32-33-28(36(24)27)40-17-3-10-34-11-13-35(14-12-34)15-16-37/h1-2,4-6,8,18,23,37H,3,7,9-17H2,(H,38,39)/t23-/m0/s1. The fraction of sp³-hybridized carbons (Fsp3) is 0.429. The summed E-state index contributed by atoms with van der Waals surface area (Å²) in [5, 5.41) is 28.7. The first-order chi connectivity index (χ1) is 19.4. The van der Waals surface area contributed by atoms with Gasteiger partial charge in [0.1, 0.15) is 11.9 Å². The lowest BCUT2D eigenvalue weighted by atomic mass is 10.00. The third-order valence-electron chi connectivity index (χ3n) is 7.19. The van der Waals surface area contributed by atoms with Crippen molar-refractivity contribution < 1.29 is 19.4 Å². The Labute approximate surface area is 241 Å². The van der Waals surface area contributed by atoms with Gasteiger partial charge in [0, 0.05) is 61.0 Å². The second-order valence-electron chi connectivity index (χ2n) is 9.85. The zero-order chi connectivity index (χ0) is 28.1. The first-order valence-corrected chi connectivity index (χ1v) is 14.8. The fourth-order valence-corrected chi connectivity index (χ4v) is 6.19. The van der Waals surface area contributed by atoms with Gasteiger partial charge >= 0.3 is 5.97 Å². The van der Waals surface area contributed by atoms with Crippen LogP contribution in [-0.2, 0) is 4.79 Å². The molecule has 2 N–H and O–H groups in total. The first-order valence-electron chi connectivity index (χ1n) is 13.4. The monoisotopic (exact) mass is 586 g/mol. The molecular formula is C28H32ClFN6O3S. The molecule has 12 heteroatoms. The highest BCUT2D eigenvalue weighted by molar-refractivity contribution is 7.99. The minimum atomic E-state index is -0.940. The lowest BCUT2D eigenvalue weighted by Crippen LogP contribution is -2.47. The minimum absolute atomic E-state index is 0.114. The van der Waals surface area contributed by atoms with Crippen LogP contribution in [0.25, 0.3) is 5.69 Å². The number of carbonyl (C=O) groups is 1. The third-order valence-corrected chi connectivity index (χ3v) is 8.44. The average Bonchev–Trinajstić information content (AvgIpc) is 3.30. The van der Waals surface area contributed by atoms with Gasteiger partial charge in [0.15, 0.2) is 11.0 Å². The molecule has 40 heavy (non-hydrogen) atoms. The summed E-state index contributed by atoms with van der Waals surface area (Å²) in [7, 11) is 0. The Hall–Kier alpha value is -2.83. The molecular weight excluding hydrogens is 555 g/mol. The molecule has 5 rings (SSSR count). The van der Waals surface area contributed by atoms with Gasteiger partial charge in [-0.05, 0) is 49.7 Å². The van der Waals surface area contributed by atoms with Crippen LogP contribution < -0.4 is 0 Å². The Balaban J connectivity index is 1.41. The number of aliphatic hydroxyl groups excluding tert-OH is 1. The fourth-order valence-electron chi connectivity index (χ4n) is 5.14. The van der Waals surface area contributed by atoms with Crippen LogP contribution in [0.1, 0.15) is 42.3 Å². The van der Waals surface area contributed by atoms with E-state index < -0.39 is 17.8 Å². The molecule has 2 aliphatic heterocycles. The highest BCUT2D eigenvalue weighted by atomic mass is 35.5. The summed E-state index contributed by atoms with van der Waals surface area (Å²) >= 11 is 8.00. The molecule has 9 nitrogen and oxygen atoms in total. The number of aromatic nitrogens is 3. The summed E-state index contributed by atoms with van der Waals surface area (Å²) in [5.41, 5.74) is 2.09. The van der Waals surface area contributed by atoms with E-state index in [1.165, 1.54) is 6.07 Å². The molecule has 1 aromatic heterocycles. The molecule has 0 unspecified atom stereocenters. The molecule has 1 fully saturated rings. The molecule has 2 aromatic carbocycles. The maximum absolute atomic E-state index is 15.0. The quantitative estimate of drug-likeness (QED) is 0.257. The van der Waals surface area contributed by atoms with Crippen LogP contribution in [0.15, 0.2) is 52.6 Å². The number of aliphatic imine (C=N–C) groups is 1. The van der Waals surface area contributed by atoms with Gasteiger partial charge in [-0.1, -0.05) is 35.5 Å². The van der Waals surface area contributed by atoms with Crippen molar-refractivity contribution >= 4 is 35.0 Å². The van der Waals surface area contributed by atoms with E-state index in [0.717, 1.165) is 57.1 Å². The van der Waals surface area contributed by atoms with Gasteiger partial charge in [0.2, 0.25) is 0 Å². The largest absolute Gasteiger partial charge is 0.481 e. The van der Waals surface area contributed by atoms with E-state index in [0.29, 0.717) is 32.8 Å². The molecule has 0 aliphatic carbocycles. The number of β-amino-alcohol motifs (C(OH)–C–C–N with tert-alkyl or cyclic N) is 1. The van der Waals surface area contributed by atoms with Crippen LogP contribution in [0.2, 0.25) is 5.02 Å². The molecule has 0 amide bonds. The second kappa shape index (κ2) is 13.2. The highest BCUT2D eigenvalue weighted by Gasteiger charge is 2.30. The Morgan fingerprint density at radius 1 is 1.05 bits per heavy atom. The van der Waals surface area contributed by atoms with E-state index >= 15 is 4.39 Å². The number of benzene rings is 2. The van der Waals surface area contributed by atoms with Gasteiger partial charge in [-0.2, -0.15) is 0 Å². The molecule has 212 valence electrons. The molecule has 3 aromatic rings. The van der Waals surface area contributed by atoms with Gasteiger partial charge in [0.25, 0.3) is 0 Å². The maximum Gasteiger partial charge on any atom is 0.303 e. The van der Waals surface area contributed by atoms with Crippen molar-refractivity contribution in [2.24, 2.45) is 4.99 Å². The normalized spacial score (nSPS) is 17.7. The Morgan fingerprint density at radius 3 is 2.52 bits per heavy atom. The van der Waals surface area contributed by atoms with Crippen LogP contribution in [0.5, 0.6) is 0 Å². The lowest BCUT2D eigenvalue weighted by Gasteiger charge is -2.34. The smallest absolute Gasteiger partial charge is 0.303 e. The maximum atomic E-state index is 15.0. The second-order valence-corrected chi connectivity index (χ2v) is 11.4. The van der Waals surface area contributed by atoms with Gasteiger partial charge in [0.05, 0.1) is 18.0 Å². The number of aliphatic hydroxyl groups is 1. The molecule has 0 radical (unpaired) electrons. The number of nitrogens with zero attached hydrogens (tertiary/aromatic N) is 6. The van der Waals surface area contributed by atoms with Crippen LogP contribution in [0.3, 0.4) is 0 Å². The van der Waals surface area contributed by atoms with Crippen molar-refractivity contribution in [3.63, 3.8) is 0 Å². The summed E-state index contributed by atoms with van der Waals surface area (Å²) in [4.78, 5) is 21.1. The van der Waals surface area contributed by atoms with E-state index in [1.54, 1.807) is 42.1 Å². The number of fused-ring (bicyclic) bond motifs is 3. The number of aliphatic carboxylic acids is 1. The summed E-state index contributed by atoms with van der Waals surface area (Å²) in [6.45, 7) is 5.79. The zero-order valence-electron chi connectivity index (χ0n) is 22.0. The number of rotatable bonds is 11. The van der Waals surface area contributed by atoms with Crippen molar-refractivity contribution in [2.45, 2.75) is 30.5 Å². The minimum Gasteiger partial charge on any atom is -0.481 e. The Bertz CT molecular complexity index is 1380. The molecule has 0 bridgehead atoms. The molecule has 2 aliphatic rings. The number of thioether (sulfide) groups is 1. The van der Waals surface area contributed by atoms with Gasteiger partial charge in [-0.15, -0.1) is 10.2 Å². The van der Waals surface area contributed by atoms with Crippen molar-refractivity contribution in [3.05, 3.63) is 70.3 Å². The Morgan fingerprint density at radius 2 is 1.80 bits per heavy atom. The first kappa shape index (κ1) is 28.7. The van der Waals surface area contributed by atoms with E-state index in [9.17, 15) is 9.90 Å². The van der Waals surface area contributed by atoms with Crippen LogP contribution >= 0.6 is 23.4 Å². The van der Waals surface area contributed by atoms with Crippen molar-refractivity contribution in [2.75, 3.05) is 51.6 Å². The topological polar surface area (TPSA) is 107 Å². The summed E-state index contributed by atoms with van der Waals surface area (Å²) in [6.07, 6.45) is 1.04. The molecule has 3 heterocycles. The van der Waals surface area contributed by atoms with E-state index in [1.807, 2.05) is 10.6 Å². The van der Waals surface area contributed by atoms with Crippen molar-refractivity contribution in [1.82, 2.24) is 24.6 Å². The van der Waals surface area contributed by atoms with Crippen LogP contribution in [-0.4, -0.2) is 98.1 Å². The van der Waals surface area contributed by atoms with Crippen LogP contribution in [0, 0.1) is 5.82 Å². The summed E-state index contributed by atoms with van der Waals surface area (Å²) < 4.78 is 17.0. The SMILES string of the molecule is O=C(O)CC[C@@H]1N=C(c2ccccc2F)c2cc(Cl)ccc2-n2c(SCCCN3CCN(CCO)CC3)nnc21. The number of hydrogen-bond donors (Lipinski definition) is 2. The highest BCUT2D eigenvalue weighted by Crippen LogP contribution is 2.37. The summed E-state index contributed by atoms with van der Waals surface area (Å²) in [6, 6.07) is 11.2. The van der Waals surface area contributed by atoms with Crippen LogP contribution in [0.4, 0.5) is 4.39 Å². The van der Waals surface area contributed by atoms with E-state index in [4.69, 9.17) is 21.7 Å². The van der Waals surface area contributed by atoms with Gasteiger partial charge in [-0.3, -0.25) is 19.3 Å². The third kappa shape index (κ3) is 6.55. The van der Waals surface area contributed by atoms with E-state index in [-0.39, 0.29) is 19.4 Å². The number of carboxylic acids is 1. The summed E-state index contributed by atoms with van der Waals surface area (Å²) in [5.74, 6) is -0.0174. The predicted octanol–water partition coefficient (Wildman–Crippen LogP) is 3.91. The molecule has 1 saturated heterocycles. The lowest BCUT2D eigenvalue weighted by molar-refractivity contribution is -0.137. The average molecular weight is 587 g/mol. The number of halogens is 2. The van der Waals surface area contributed by atoms with Crippen molar-refractivity contribution in [3.8, 4) is 5.69 Å². The number of piperazine rings is 1. The molecule has 1 atom stereocenters. The zero-order valence-corrected chi connectivity index (χ0v) is 23.6. The van der Waals surface area contributed by atoms with Crippen molar-refractivity contribution in [1.29, 1.82) is 0 Å².